The molecule has 0 rings (SSSR count). The lowest BCUT2D eigenvalue weighted by Gasteiger charge is -2.23. The molecule has 2 nitrogen and oxygen atoms in total. The maximum absolute atomic E-state index is 12.0. The summed E-state index contributed by atoms with van der Waals surface area (Å²) >= 11 is 0. The van der Waals surface area contributed by atoms with Crippen LogP contribution in [-0.4, -0.2) is 11.6 Å². The summed E-state index contributed by atoms with van der Waals surface area (Å²) in [5.74, 6) is 0.0435. The van der Waals surface area contributed by atoms with E-state index in [1.54, 1.807) is 0 Å². The summed E-state index contributed by atoms with van der Waals surface area (Å²) in [6, 6.07) is 0. The van der Waals surface area contributed by atoms with Crippen LogP contribution in [0.3, 0.4) is 0 Å². The Morgan fingerprint density at radius 3 is 2.41 bits per heavy atom. The molecule has 0 fully saturated rings. The van der Waals surface area contributed by atoms with Gasteiger partial charge in [-0.2, -0.15) is 0 Å². The zero-order valence-corrected chi connectivity index (χ0v) is 11.9. The lowest BCUT2D eigenvalue weighted by molar-refractivity contribution is -0.160. The predicted molar refractivity (Wildman–Crippen MR) is 72.9 cm³/mol. The fourth-order valence-corrected chi connectivity index (χ4v) is 1.79. The molecular formula is C15H28O2. The fourth-order valence-electron chi connectivity index (χ4n) is 1.79. The van der Waals surface area contributed by atoms with Crippen LogP contribution in [0.25, 0.3) is 0 Å². The summed E-state index contributed by atoms with van der Waals surface area (Å²) in [6.45, 7) is 11.6. The van der Waals surface area contributed by atoms with E-state index < -0.39 is 0 Å². The summed E-state index contributed by atoms with van der Waals surface area (Å²) in [5, 5.41) is 0. The Balaban J connectivity index is 4.11. The molecule has 1 atom stereocenters. The van der Waals surface area contributed by atoms with Crippen molar-refractivity contribution < 1.29 is 9.53 Å². The predicted octanol–water partition coefficient (Wildman–Crippen LogP) is 4.49. The SMILES string of the molecule is C=CCCCCC(CCC)C(=O)OC(C)(C)C. The van der Waals surface area contributed by atoms with E-state index in [9.17, 15) is 4.79 Å². The molecule has 0 spiro atoms. The van der Waals surface area contributed by atoms with Crippen molar-refractivity contribution in [2.45, 2.75) is 71.8 Å². The van der Waals surface area contributed by atoms with Gasteiger partial charge in [-0.3, -0.25) is 4.79 Å². The van der Waals surface area contributed by atoms with Crippen LogP contribution in [0.4, 0.5) is 0 Å². The van der Waals surface area contributed by atoms with Gasteiger partial charge < -0.3 is 4.74 Å². The molecular weight excluding hydrogens is 212 g/mol. The first-order valence-corrected chi connectivity index (χ1v) is 6.74. The summed E-state index contributed by atoms with van der Waals surface area (Å²) in [5.41, 5.74) is -0.371. The molecule has 0 aliphatic rings. The van der Waals surface area contributed by atoms with Crippen LogP contribution < -0.4 is 0 Å². The third-order valence-corrected chi connectivity index (χ3v) is 2.59. The fraction of sp³-hybridized carbons (Fsp3) is 0.800. The van der Waals surface area contributed by atoms with Crippen LogP contribution >= 0.6 is 0 Å². The molecule has 0 aromatic heterocycles. The van der Waals surface area contributed by atoms with Gasteiger partial charge in [0, 0.05) is 0 Å². The molecule has 17 heavy (non-hydrogen) atoms. The number of allylic oxidation sites excluding steroid dienone is 1. The molecule has 0 saturated heterocycles. The van der Waals surface area contributed by atoms with Gasteiger partial charge in [-0.25, -0.2) is 0 Å². The third-order valence-electron chi connectivity index (χ3n) is 2.59. The zero-order valence-electron chi connectivity index (χ0n) is 11.9. The molecule has 0 aliphatic carbocycles. The molecule has 100 valence electrons. The normalized spacial score (nSPS) is 13.2. The molecule has 0 bridgehead atoms. The van der Waals surface area contributed by atoms with Crippen LogP contribution in [0, 0.1) is 5.92 Å². The summed E-state index contributed by atoms with van der Waals surface area (Å²) in [6.07, 6.45) is 8.07. The van der Waals surface area contributed by atoms with Crippen molar-refractivity contribution in [3.8, 4) is 0 Å². The van der Waals surface area contributed by atoms with E-state index in [0.29, 0.717) is 0 Å². The first-order valence-electron chi connectivity index (χ1n) is 6.74. The molecule has 0 aliphatic heterocycles. The van der Waals surface area contributed by atoms with Gasteiger partial charge in [-0.15, -0.1) is 6.58 Å². The Kier molecular flexibility index (Phi) is 7.94. The number of hydrogen-bond donors (Lipinski definition) is 0. The summed E-state index contributed by atoms with van der Waals surface area (Å²) in [4.78, 5) is 12.0. The summed E-state index contributed by atoms with van der Waals surface area (Å²) in [7, 11) is 0. The Bertz CT molecular complexity index is 226. The molecule has 1 unspecified atom stereocenters. The minimum absolute atomic E-state index is 0.0297. The average Bonchev–Trinajstić information content (AvgIpc) is 2.20. The van der Waals surface area contributed by atoms with E-state index in [1.807, 2.05) is 26.8 Å². The molecule has 0 aromatic carbocycles. The average molecular weight is 240 g/mol. The molecule has 0 aromatic rings. The Morgan fingerprint density at radius 2 is 1.94 bits per heavy atom. The minimum atomic E-state index is -0.371. The van der Waals surface area contributed by atoms with E-state index in [2.05, 4.69) is 13.5 Å². The molecule has 0 N–H and O–H groups in total. The highest BCUT2D eigenvalue weighted by Gasteiger charge is 2.23. The van der Waals surface area contributed by atoms with Gasteiger partial charge in [-0.05, 0) is 46.5 Å². The number of esters is 1. The number of unbranched alkanes of at least 4 members (excludes halogenated alkanes) is 2. The molecule has 0 heterocycles. The highest BCUT2D eigenvalue weighted by Crippen LogP contribution is 2.20. The lowest BCUT2D eigenvalue weighted by atomic mass is 9.96. The Labute approximate surface area is 106 Å². The first-order chi connectivity index (χ1) is 7.90. The number of carbonyl (C=O) groups excluding carboxylic acids is 1. The summed E-state index contributed by atoms with van der Waals surface area (Å²) < 4.78 is 5.45. The van der Waals surface area contributed by atoms with Crippen molar-refractivity contribution in [3.05, 3.63) is 12.7 Å². The van der Waals surface area contributed by atoms with Crippen molar-refractivity contribution in [2.75, 3.05) is 0 Å². The van der Waals surface area contributed by atoms with E-state index in [4.69, 9.17) is 4.74 Å². The van der Waals surface area contributed by atoms with Crippen molar-refractivity contribution in [1.29, 1.82) is 0 Å². The number of carbonyl (C=O) groups is 1. The van der Waals surface area contributed by atoms with Crippen LogP contribution in [0.15, 0.2) is 12.7 Å². The topological polar surface area (TPSA) is 26.3 Å². The Morgan fingerprint density at radius 1 is 1.29 bits per heavy atom. The first kappa shape index (κ1) is 16.2. The van der Waals surface area contributed by atoms with Crippen molar-refractivity contribution >= 4 is 5.97 Å². The third kappa shape index (κ3) is 8.96. The van der Waals surface area contributed by atoms with Gasteiger partial charge in [0.25, 0.3) is 0 Å². The lowest BCUT2D eigenvalue weighted by Crippen LogP contribution is -2.28. The van der Waals surface area contributed by atoms with E-state index in [-0.39, 0.29) is 17.5 Å². The standard InChI is InChI=1S/C15H28O2/c1-6-8-9-10-12-13(11-7-2)14(16)17-15(3,4)5/h6,13H,1,7-12H2,2-5H3. The van der Waals surface area contributed by atoms with Gasteiger partial charge in [0.15, 0.2) is 0 Å². The maximum Gasteiger partial charge on any atom is 0.309 e. The van der Waals surface area contributed by atoms with Crippen molar-refractivity contribution in [1.82, 2.24) is 0 Å². The van der Waals surface area contributed by atoms with E-state index in [1.165, 1.54) is 0 Å². The highest BCUT2D eigenvalue weighted by atomic mass is 16.6. The van der Waals surface area contributed by atoms with Crippen LogP contribution in [0.2, 0.25) is 0 Å². The Hall–Kier alpha value is -0.790. The molecule has 0 radical (unpaired) electrons. The number of hydrogen-bond acceptors (Lipinski definition) is 2. The second-order valence-electron chi connectivity index (χ2n) is 5.59. The van der Waals surface area contributed by atoms with Crippen LogP contribution in [0.5, 0.6) is 0 Å². The van der Waals surface area contributed by atoms with Gasteiger partial charge >= 0.3 is 5.97 Å². The molecule has 0 amide bonds. The smallest absolute Gasteiger partial charge is 0.309 e. The minimum Gasteiger partial charge on any atom is -0.460 e. The number of rotatable bonds is 8. The zero-order chi connectivity index (χ0) is 13.3. The quantitative estimate of drug-likeness (QED) is 0.355. The van der Waals surface area contributed by atoms with E-state index in [0.717, 1.165) is 38.5 Å². The second-order valence-corrected chi connectivity index (χ2v) is 5.59. The maximum atomic E-state index is 12.0. The monoisotopic (exact) mass is 240 g/mol. The highest BCUT2D eigenvalue weighted by molar-refractivity contribution is 5.72. The van der Waals surface area contributed by atoms with Gasteiger partial charge in [0.2, 0.25) is 0 Å². The van der Waals surface area contributed by atoms with E-state index >= 15 is 0 Å². The van der Waals surface area contributed by atoms with Gasteiger partial charge in [0.1, 0.15) is 5.60 Å². The van der Waals surface area contributed by atoms with Crippen LogP contribution in [0.1, 0.15) is 66.2 Å². The molecule has 2 heteroatoms. The van der Waals surface area contributed by atoms with Gasteiger partial charge in [-0.1, -0.05) is 25.8 Å². The second kappa shape index (κ2) is 8.32. The molecule has 0 saturated carbocycles. The van der Waals surface area contributed by atoms with Crippen LogP contribution in [-0.2, 0) is 9.53 Å². The number of ether oxygens (including phenoxy) is 1. The largest absolute Gasteiger partial charge is 0.460 e. The van der Waals surface area contributed by atoms with Crippen molar-refractivity contribution in [2.24, 2.45) is 5.92 Å². The van der Waals surface area contributed by atoms with Gasteiger partial charge in [0.05, 0.1) is 5.92 Å². The van der Waals surface area contributed by atoms with Crippen molar-refractivity contribution in [3.63, 3.8) is 0 Å².